The average molecular weight is 398 g/mol. The molecule has 0 spiro atoms. The van der Waals surface area contributed by atoms with Crippen LogP contribution >= 0.6 is 15.9 Å². The fraction of sp³-hybridized carbons (Fsp3) is 0.250. The quantitative estimate of drug-likeness (QED) is 0.332. The Balaban J connectivity index is 2.58. The SMILES string of the molecule is Cc1ccc(C(C(Br)[N+](=O)[O-])S(=O)(=O)c2ccc(C)cc2)cc1. The molecule has 2 aromatic rings. The Morgan fingerprint density at radius 2 is 1.39 bits per heavy atom. The van der Waals surface area contributed by atoms with Gasteiger partial charge in [-0.25, -0.2) is 8.42 Å². The summed E-state index contributed by atoms with van der Waals surface area (Å²) in [5.41, 5.74) is 2.25. The normalized spacial score (nSPS) is 14.2. The van der Waals surface area contributed by atoms with Gasteiger partial charge in [-0.15, -0.1) is 0 Å². The second-order valence-corrected chi connectivity index (χ2v) is 8.35. The molecule has 0 saturated carbocycles. The Bertz CT molecular complexity index is 801. The maximum atomic E-state index is 12.9. The highest BCUT2D eigenvalue weighted by molar-refractivity contribution is 9.09. The van der Waals surface area contributed by atoms with Crippen molar-refractivity contribution in [2.75, 3.05) is 0 Å². The maximum absolute atomic E-state index is 12.9. The van der Waals surface area contributed by atoms with E-state index in [2.05, 4.69) is 15.9 Å². The highest BCUT2D eigenvalue weighted by Gasteiger charge is 2.41. The third-order valence-electron chi connectivity index (χ3n) is 3.54. The van der Waals surface area contributed by atoms with E-state index in [9.17, 15) is 18.5 Å². The average Bonchev–Trinajstić information content (AvgIpc) is 2.49. The molecule has 0 amide bonds. The summed E-state index contributed by atoms with van der Waals surface area (Å²) in [5, 5.41) is 9.90. The molecule has 0 aromatic heterocycles. The molecular formula is C16H16BrNO4S. The number of hydrogen-bond acceptors (Lipinski definition) is 4. The van der Waals surface area contributed by atoms with Crippen LogP contribution in [0.3, 0.4) is 0 Å². The summed E-state index contributed by atoms with van der Waals surface area (Å²) in [6.45, 7) is 3.71. The Morgan fingerprint density at radius 3 is 1.83 bits per heavy atom. The Kier molecular flexibility index (Phi) is 5.21. The van der Waals surface area contributed by atoms with Gasteiger partial charge in [0.05, 0.1) is 4.90 Å². The lowest BCUT2D eigenvalue weighted by molar-refractivity contribution is -0.493. The van der Waals surface area contributed by atoms with Crippen molar-refractivity contribution in [1.29, 1.82) is 0 Å². The number of alkyl halides is 1. The van der Waals surface area contributed by atoms with E-state index in [-0.39, 0.29) is 4.90 Å². The first kappa shape index (κ1) is 17.6. The van der Waals surface area contributed by atoms with Crippen molar-refractivity contribution in [3.63, 3.8) is 0 Å². The van der Waals surface area contributed by atoms with Crippen LogP contribution in [0.25, 0.3) is 0 Å². The second-order valence-electron chi connectivity index (χ2n) is 5.35. The van der Waals surface area contributed by atoms with Gasteiger partial charge >= 0.3 is 0 Å². The first-order valence-corrected chi connectivity index (χ1v) is 9.34. The van der Waals surface area contributed by atoms with Crippen molar-refractivity contribution in [3.05, 3.63) is 75.3 Å². The van der Waals surface area contributed by atoms with E-state index >= 15 is 0 Å². The highest BCUT2D eigenvalue weighted by Crippen LogP contribution is 2.35. The standard InChI is InChI=1S/C16H16BrNO4S/c1-11-3-7-13(8-4-11)15(16(17)18(19)20)23(21,22)14-9-5-12(2)6-10-14/h3-10,15-16H,1-2H3. The number of nitro groups is 1. The molecule has 2 unspecified atom stereocenters. The molecule has 0 aliphatic rings. The molecule has 5 nitrogen and oxygen atoms in total. The summed E-state index contributed by atoms with van der Waals surface area (Å²) < 4.78 is 25.9. The second kappa shape index (κ2) is 6.80. The van der Waals surface area contributed by atoms with Crippen LogP contribution in [-0.2, 0) is 9.84 Å². The molecule has 23 heavy (non-hydrogen) atoms. The van der Waals surface area contributed by atoms with Crippen molar-refractivity contribution >= 4 is 25.8 Å². The van der Waals surface area contributed by atoms with E-state index < -0.39 is 25.0 Å². The third kappa shape index (κ3) is 3.79. The first-order valence-electron chi connectivity index (χ1n) is 6.88. The number of benzene rings is 2. The lowest BCUT2D eigenvalue weighted by Crippen LogP contribution is -2.28. The van der Waals surface area contributed by atoms with Crippen molar-refractivity contribution < 1.29 is 13.3 Å². The third-order valence-corrected chi connectivity index (χ3v) is 6.88. The van der Waals surface area contributed by atoms with Crippen LogP contribution in [0.15, 0.2) is 53.4 Å². The van der Waals surface area contributed by atoms with Crippen molar-refractivity contribution in [1.82, 2.24) is 0 Å². The molecular weight excluding hydrogens is 382 g/mol. The predicted octanol–water partition coefficient (Wildman–Crippen LogP) is 3.82. The number of aryl methyl sites for hydroxylation is 2. The minimum absolute atomic E-state index is 0.0694. The van der Waals surface area contributed by atoms with Gasteiger partial charge in [0.2, 0.25) is 0 Å². The molecule has 2 atom stereocenters. The molecule has 0 aliphatic heterocycles. The van der Waals surface area contributed by atoms with Gasteiger partial charge in [-0.3, -0.25) is 10.1 Å². The molecule has 7 heteroatoms. The van der Waals surface area contributed by atoms with Gasteiger partial charge in [0.15, 0.2) is 15.1 Å². The van der Waals surface area contributed by atoms with Crippen LogP contribution in [0.4, 0.5) is 0 Å². The van der Waals surface area contributed by atoms with Gasteiger partial charge in [0, 0.05) is 4.92 Å². The predicted molar refractivity (Wildman–Crippen MR) is 92.0 cm³/mol. The topological polar surface area (TPSA) is 77.3 Å². The molecule has 2 rings (SSSR count). The zero-order valence-corrected chi connectivity index (χ0v) is 15.0. The summed E-state index contributed by atoms with van der Waals surface area (Å²) in [6.07, 6.45) is 0. The van der Waals surface area contributed by atoms with Gasteiger partial charge in [-0.2, -0.15) is 0 Å². The molecule has 0 bridgehead atoms. The summed E-state index contributed by atoms with van der Waals surface area (Å²) in [5.74, 6) is 0. The van der Waals surface area contributed by atoms with Gasteiger partial charge in [-0.1, -0.05) is 47.5 Å². The van der Waals surface area contributed by atoms with Crippen LogP contribution in [0, 0.1) is 24.0 Å². The van der Waals surface area contributed by atoms with E-state index in [0.29, 0.717) is 5.56 Å². The minimum Gasteiger partial charge on any atom is -0.263 e. The Morgan fingerprint density at radius 1 is 0.957 bits per heavy atom. The van der Waals surface area contributed by atoms with E-state index in [1.807, 2.05) is 13.8 Å². The molecule has 0 heterocycles. The zero-order valence-electron chi connectivity index (χ0n) is 12.6. The summed E-state index contributed by atoms with van der Waals surface area (Å²) in [6, 6.07) is 13.0. The van der Waals surface area contributed by atoms with Crippen molar-refractivity contribution in [2.24, 2.45) is 0 Å². The smallest absolute Gasteiger partial charge is 0.263 e. The highest BCUT2D eigenvalue weighted by atomic mass is 79.9. The van der Waals surface area contributed by atoms with Crippen molar-refractivity contribution in [3.8, 4) is 0 Å². The number of rotatable bonds is 5. The van der Waals surface area contributed by atoms with Crippen molar-refractivity contribution in [2.45, 2.75) is 28.9 Å². The summed E-state index contributed by atoms with van der Waals surface area (Å²) >= 11 is 2.93. The fourth-order valence-electron chi connectivity index (χ4n) is 2.23. The van der Waals surface area contributed by atoms with Crippen LogP contribution in [0.1, 0.15) is 21.9 Å². The number of sulfone groups is 1. The number of halogens is 1. The van der Waals surface area contributed by atoms with Crippen LogP contribution in [0.5, 0.6) is 0 Å². The molecule has 2 aromatic carbocycles. The molecule has 0 N–H and O–H groups in total. The molecule has 0 fully saturated rings. The first-order chi connectivity index (χ1) is 10.7. The van der Waals surface area contributed by atoms with Crippen LogP contribution in [0.2, 0.25) is 0 Å². The van der Waals surface area contributed by atoms with E-state index in [1.165, 1.54) is 12.1 Å². The Hall–Kier alpha value is -1.73. The van der Waals surface area contributed by atoms with Crippen LogP contribution in [-0.4, -0.2) is 18.3 Å². The largest absolute Gasteiger partial charge is 0.286 e. The van der Waals surface area contributed by atoms with E-state index in [4.69, 9.17) is 0 Å². The lowest BCUT2D eigenvalue weighted by atomic mass is 10.1. The molecule has 0 aliphatic carbocycles. The molecule has 122 valence electrons. The monoisotopic (exact) mass is 397 g/mol. The molecule has 0 radical (unpaired) electrons. The van der Waals surface area contributed by atoms with Gasteiger partial charge < -0.3 is 0 Å². The molecule has 0 saturated heterocycles. The van der Waals surface area contributed by atoms with E-state index in [0.717, 1.165) is 11.1 Å². The number of nitrogens with zero attached hydrogens (tertiary/aromatic N) is 1. The Labute approximate surface area is 143 Å². The maximum Gasteiger partial charge on any atom is 0.286 e. The summed E-state index contributed by atoms with van der Waals surface area (Å²) in [7, 11) is -3.92. The van der Waals surface area contributed by atoms with E-state index in [1.54, 1.807) is 36.4 Å². The fourth-order valence-corrected chi connectivity index (χ4v) is 5.10. The number of hydrogen-bond donors (Lipinski definition) is 0. The summed E-state index contributed by atoms with van der Waals surface area (Å²) in [4.78, 5) is 9.21. The van der Waals surface area contributed by atoms with Gasteiger partial charge in [0.1, 0.15) is 0 Å². The zero-order chi connectivity index (χ0) is 17.2. The van der Waals surface area contributed by atoms with Gasteiger partial charge in [0.25, 0.3) is 4.95 Å². The lowest BCUT2D eigenvalue weighted by Gasteiger charge is -2.18. The van der Waals surface area contributed by atoms with Gasteiger partial charge in [-0.05, 0) is 47.5 Å². The van der Waals surface area contributed by atoms with Crippen LogP contribution < -0.4 is 0 Å². The minimum atomic E-state index is -3.92.